The number of imide groups is 1. The monoisotopic (exact) mass is 272 g/mol. The Morgan fingerprint density at radius 3 is 2.75 bits per heavy atom. The van der Waals surface area contributed by atoms with Crippen molar-refractivity contribution in [1.29, 1.82) is 0 Å². The number of urea groups is 1. The topological polar surface area (TPSA) is 66.5 Å². The summed E-state index contributed by atoms with van der Waals surface area (Å²) in [5.41, 5.74) is 2.20. The van der Waals surface area contributed by atoms with Gasteiger partial charge in [0.05, 0.1) is 0 Å². The Morgan fingerprint density at radius 1 is 1.30 bits per heavy atom. The van der Waals surface area contributed by atoms with E-state index >= 15 is 0 Å². The molecule has 1 atom stereocenters. The predicted molar refractivity (Wildman–Crippen MR) is 72.8 cm³/mol. The molecule has 1 N–H and O–H groups in total. The van der Waals surface area contributed by atoms with Crippen LogP contribution in [0.5, 0.6) is 0 Å². The summed E-state index contributed by atoms with van der Waals surface area (Å²) >= 11 is 0. The molecule has 3 aliphatic rings. The van der Waals surface area contributed by atoms with Crippen LogP contribution in [0.2, 0.25) is 0 Å². The number of hydrogen-bond acceptors (Lipinski definition) is 3. The zero-order chi connectivity index (χ0) is 14.3. The minimum Gasteiger partial charge on any atom is -0.312 e. The molecule has 1 saturated carbocycles. The SMILES string of the molecule is CN1C(=O)NC(=O)C12CCC1=CCC(C=O)=CC=C1C2. The maximum absolute atomic E-state index is 12.2. The molecule has 0 bridgehead atoms. The van der Waals surface area contributed by atoms with Gasteiger partial charge in [0.2, 0.25) is 0 Å². The molecule has 0 aromatic rings. The van der Waals surface area contributed by atoms with Crippen molar-refractivity contribution in [2.45, 2.75) is 31.2 Å². The summed E-state index contributed by atoms with van der Waals surface area (Å²) in [7, 11) is 1.67. The van der Waals surface area contributed by atoms with Gasteiger partial charge in [0.25, 0.3) is 5.91 Å². The summed E-state index contributed by atoms with van der Waals surface area (Å²) in [6.07, 6.45) is 9.15. The number of hydrogen-bond donors (Lipinski definition) is 1. The van der Waals surface area contributed by atoms with E-state index in [0.29, 0.717) is 19.3 Å². The van der Waals surface area contributed by atoms with E-state index in [2.05, 4.69) is 11.4 Å². The molecule has 2 fully saturated rings. The summed E-state index contributed by atoms with van der Waals surface area (Å²) in [5, 5.41) is 2.39. The van der Waals surface area contributed by atoms with E-state index in [1.54, 1.807) is 13.1 Å². The molecule has 104 valence electrons. The van der Waals surface area contributed by atoms with Gasteiger partial charge in [-0.2, -0.15) is 0 Å². The van der Waals surface area contributed by atoms with E-state index in [9.17, 15) is 14.4 Å². The molecule has 5 heteroatoms. The van der Waals surface area contributed by atoms with Crippen LogP contribution < -0.4 is 5.32 Å². The fraction of sp³-hybridized carbons (Fsp3) is 0.400. The molecule has 0 aromatic heterocycles. The van der Waals surface area contributed by atoms with Gasteiger partial charge in [-0.3, -0.25) is 14.9 Å². The zero-order valence-electron chi connectivity index (χ0n) is 11.3. The van der Waals surface area contributed by atoms with E-state index in [4.69, 9.17) is 0 Å². The van der Waals surface area contributed by atoms with Crippen molar-refractivity contribution >= 4 is 18.2 Å². The second-order valence-electron chi connectivity index (χ2n) is 5.51. The van der Waals surface area contributed by atoms with Gasteiger partial charge in [0, 0.05) is 13.5 Å². The van der Waals surface area contributed by atoms with Crippen LogP contribution in [-0.2, 0) is 9.59 Å². The van der Waals surface area contributed by atoms with Gasteiger partial charge in [-0.25, -0.2) is 4.79 Å². The first-order valence-corrected chi connectivity index (χ1v) is 6.70. The number of rotatable bonds is 1. The molecule has 1 unspecified atom stereocenters. The standard InChI is InChI=1S/C15H16N2O3/c1-17-14(20)16-13(19)15(17)7-6-11-4-2-10(9-18)3-5-12(11)8-15/h3-5,9H,2,6-8H2,1H3,(H,16,19,20). The molecular formula is C15H16N2O3. The molecular weight excluding hydrogens is 256 g/mol. The van der Waals surface area contributed by atoms with Crippen molar-refractivity contribution < 1.29 is 14.4 Å². The molecule has 1 spiro atoms. The van der Waals surface area contributed by atoms with Gasteiger partial charge < -0.3 is 4.90 Å². The van der Waals surface area contributed by atoms with Crippen LogP contribution in [0.1, 0.15) is 25.7 Å². The highest BCUT2D eigenvalue weighted by molar-refractivity contribution is 6.07. The lowest BCUT2D eigenvalue weighted by molar-refractivity contribution is -0.126. The highest BCUT2D eigenvalue weighted by Crippen LogP contribution is 2.42. The third-order valence-electron chi connectivity index (χ3n) is 4.53. The summed E-state index contributed by atoms with van der Waals surface area (Å²) < 4.78 is 0. The second kappa shape index (κ2) is 4.44. The molecule has 3 amide bonds. The van der Waals surface area contributed by atoms with Gasteiger partial charge in [-0.1, -0.05) is 18.2 Å². The van der Waals surface area contributed by atoms with Crippen LogP contribution in [0.15, 0.2) is 34.9 Å². The van der Waals surface area contributed by atoms with E-state index in [1.165, 1.54) is 10.5 Å². The minimum absolute atomic E-state index is 0.214. The van der Waals surface area contributed by atoms with Crippen LogP contribution in [0.25, 0.3) is 0 Å². The Kier molecular flexibility index (Phi) is 2.85. The van der Waals surface area contributed by atoms with Crippen LogP contribution in [-0.4, -0.2) is 35.7 Å². The van der Waals surface area contributed by atoms with Gasteiger partial charge in [0.15, 0.2) is 0 Å². The summed E-state index contributed by atoms with van der Waals surface area (Å²) in [4.78, 5) is 36.2. The number of amides is 3. The number of carbonyl (C=O) groups is 3. The molecule has 0 radical (unpaired) electrons. The third kappa shape index (κ3) is 1.73. The van der Waals surface area contributed by atoms with Crippen molar-refractivity contribution in [2.24, 2.45) is 0 Å². The first kappa shape index (κ1) is 12.8. The van der Waals surface area contributed by atoms with Crippen molar-refractivity contribution in [3.63, 3.8) is 0 Å². The van der Waals surface area contributed by atoms with Gasteiger partial charge in [-0.15, -0.1) is 0 Å². The lowest BCUT2D eigenvalue weighted by Crippen LogP contribution is -2.49. The summed E-state index contributed by atoms with van der Waals surface area (Å²) in [6, 6.07) is -0.333. The average Bonchev–Trinajstić information content (AvgIpc) is 2.63. The molecule has 1 aliphatic heterocycles. The third-order valence-corrected chi connectivity index (χ3v) is 4.53. The van der Waals surface area contributed by atoms with Gasteiger partial charge in [0.1, 0.15) is 11.8 Å². The number of likely N-dealkylation sites (N-methyl/N-ethyl adjacent to an activating group) is 1. The van der Waals surface area contributed by atoms with Crippen molar-refractivity contribution in [1.82, 2.24) is 10.2 Å². The lowest BCUT2D eigenvalue weighted by atomic mass is 9.75. The first-order chi connectivity index (χ1) is 9.56. The first-order valence-electron chi connectivity index (χ1n) is 6.70. The molecule has 1 heterocycles. The number of nitrogens with one attached hydrogen (secondary N) is 1. The maximum Gasteiger partial charge on any atom is 0.324 e. The quantitative estimate of drug-likeness (QED) is 0.580. The van der Waals surface area contributed by atoms with Crippen LogP contribution in [0.4, 0.5) is 4.79 Å². The Morgan fingerprint density at radius 2 is 2.10 bits per heavy atom. The van der Waals surface area contributed by atoms with Crippen LogP contribution in [0.3, 0.4) is 0 Å². The number of carbonyl (C=O) groups excluding carboxylic acids is 3. The Balaban J connectivity index is 1.97. The molecule has 3 rings (SSSR count). The lowest BCUT2D eigenvalue weighted by Gasteiger charge is -2.38. The highest BCUT2D eigenvalue weighted by Gasteiger charge is 2.52. The molecule has 0 aromatic carbocycles. The van der Waals surface area contributed by atoms with Crippen LogP contribution in [0, 0.1) is 0 Å². The smallest absolute Gasteiger partial charge is 0.312 e. The predicted octanol–water partition coefficient (Wildman–Crippen LogP) is 1.47. The van der Waals surface area contributed by atoms with Crippen molar-refractivity contribution in [3.05, 3.63) is 34.9 Å². The number of fused-ring (bicyclic) bond motifs is 1. The Labute approximate surface area is 117 Å². The van der Waals surface area contributed by atoms with Gasteiger partial charge >= 0.3 is 6.03 Å². The van der Waals surface area contributed by atoms with Gasteiger partial charge in [-0.05, 0) is 36.0 Å². The fourth-order valence-electron chi connectivity index (χ4n) is 3.15. The molecule has 20 heavy (non-hydrogen) atoms. The molecule has 1 saturated heterocycles. The number of aldehydes is 1. The summed E-state index contributed by atoms with van der Waals surface area (Å²) in [5.74, 6) is -0.214. The van der Waals surface area contributed by atoms with Crippen molar-refractivity contribution in [2.75, 3.05) is 7.05 Å². The number of nitrogens with zero attached hydrogens (tertiary/aromatic N) is 1. The average molecular weight is 272 g/mol. The van der Waals surface area contributed by atoms with E-state index < -0.39 is 5.54 Å². The van der Waals surface area contributed by atoms with Crippen molar-refractivity contribution in [3.8, 4) is 0 Å². The molecule has 2 aliphatic carbocycles. The highest BCUT2D eigenvalue weighted by atomic mass is 16.2. The van der Waals surface area contributed by atoms with Crippen LogP contribution >= 0.6 is 0 Å². The number of allylic oxidation sites excluding steroid dienone is 5. The maximum atomic E-state index is 12.2. The fourth-order valence-corrected chi connectivity index (χ4v) is 3.15. The van der Waals surface area contributed by atoms with E-state index in [0.717, 1.165) is 23.9 Å². The van der Waals surface area contributed by atoms with E-state index in [-0.39, 0.29) is 11.9 Å². The minimum atomic E-state index is -0.764. The normalized spacial score (nSPS) is 29.2. The Hall–Kier alpha value is -2.17. The Bertz CT molecular complexity index is 600. The molecule has 5 nitrogen and oxygen atoms in total. The largest absolute Gasteiger partial charge is 0.324 e. The zero-order valence-corrected chi connectivity index (χ0v) is 11.3. The second-order valence-corrected chi connectivity index (χ2v) is 5.51. The summed E-state index contributed by atoms with van der Waals surface area (Å²) in [6.45, 7) is 0. The van der Waals surface area contributed by atoms with E-state index in [1.807, 2.05) is 6.08 Å².